The molecule has 1 saturated heterocycles. The molecule has 3 aliphatic carbocycles. The van der Waals surface area contributed by atoms with Gasteiger partial charge in [0.25, 0.3) is 5.91 Å². The highest BCUT2D eigenvalue weighted by Crippen LogP contribution is 2.45. The van der Waals surface area contributed by atoms with Crippen LogP contribution in [0.25, 0.3) is 0 Å². The van der Waals surface area contributed by atoms with Crippen LogP contribution in [-0.4, -0.2) is 84.6 Å². The maximum Gasteiger partial charge on any atom is 0.315 e. The molecule has 5 N–H and O–H groups in total. The summed E-state index contributed by atoms with van der Waals surface area (Å²) in [6.07, 6.45) is 17.8. The maximum atomic E-state index is 14.6. The van der Waals surface area contributed by atoms with Crippen LogP contribution in [-0.2, 0) is 24.0 Å². The molecule has 6 atom stereocenters. The Hall–Kier alpha value is -3.88. The van der Waals surface area contributed by atoms with Crippen LogP contribution in [0, 0.1) is 46.8 Å². The molecular weight excluding hydrogens is 697 g/mol. The molecule has 1 heterocycles. The molecule has 0 aromatic carbocycles. The molecule has 0 aromatic heterocycles. The highest BCUT2D eigenvalue weighted by Gasteiger charge is 2.50. The molecule has 55 heavy (non-hydrogen) atoms. The number of piperidine rings is 1. The number of nitrogens with zero attached hydrogens (tertiary/aromatic N) is 1. The standard InChI is InChI=1S/C40H62N6O6.C3H8/c1-7-9-13-30(33(48)36(50)41-22-8-2)43-35(49)29-25-46(24-27-16-17-28(27)29)37(51)34(40(6)20-11-10-12-21-40)45-38(52)44-31(39(3,4)5)18-19-32(47)42-23-26-14-15-26;1-3-2/h1,8,26-31,34H,2,9-25H2,3-6H3,(H,41,50)(H,42,47)(H,43,49)(H2,44,45,52);3H2,1-2H3/t27-,28-,29?,30?,31?,34?;/m0./s1. The number of hydrogen-bond donors (Lipinski definition) is 5. The largest absolute Gasteiger partial charge is 0.356 e. The molecule has 12 nitrogen and oxygen atoms in total. The van der Waals surface area contributed by atoms with Gasteiger partial charge in [-0.25, -0.2) is 4.79 Å². The normalized spacial score (nSPS) is 22.9. The fourth-order valence-electron chi connectivity index (χ4n) is 8.09. The van der Waals surface area contributed by atoms with Gasteiger partial charge < -0.3 is 31.5 Å². The minimum absolute atomic E-state index is 0.0215. The fourth-order valence-corrected chi connectivity index (χ4v) is 8.09. The van der Waals surface area contributed by atoms with E-state index in [1.165, 1.54) is 12.5 Å². The zero-order valence-electron chi connectivity index (χ0n) is 34.5. The topological polar surface area (TPSA) is 166 Å². The van der Waals surface area contributed by atoms with Crippen molar-refractivity contribution >= 4 is 35.4 Å². The van der Waals surface area contributed by atoms with Gasteiger partial charge in [-0.3, -0.25) is 24.0 Å². The van der Waals surface area contributed by atoms with Gasteiger partial charge in [0.15, 0.2) is 0 Å². The molecule has 4 aliphatic rings. The van der Waals surface area contributed by atoms with Crippen LogP contribution < -0.4 is 26.6 Å². The Morgan fingerprint density at radius 1 is 0.927 bits per heavy atom. The summed E-state index contributed by atoms with van der Waals surface area (Å²) in [5.74, 6) is 0.472. The van der Waals surface area contributed by atoms with Crippen molar-refractivity contribution in [3.05, 3.63) is 12.7 Å². The van der Waals surface area contributed by atoms with Crippen molar-refractivity contribution in [3.63, 3.8) is 0 Å². The lowest BCUT2D eigenvalue weighted by Gasteiger charge is -2.51. The molecule has 0 bridgehead atoms. The molecule has 308 valence electrons. The molecular formula is C43H70N6O6. The second-order valence-electron chi connectivity index (χ2n) is 17.7. The number of amides is 6. The Morgan fingerprint density at radius 2 is 1.60 bits per heavy atom. The average Bonchev–Trinajstić information content (AvgIpc) is 3.96. The number of carbonyl (C=O) groups is 6. The highest BCUT2D eigenvalue weighted by molar-refractivity contribution is 6.38. The van der Waals surface area contributed by atoms with Crippen molar-refractivity contribution in [1.29, 1.82) is 0 Å². The number of urea groups is 1. The number of ketones is 1. The number of likely N-dealkylation sites (tertiary alicyclic amines) is 1. The third-order valence-electron chi connectivity index (χ3n) is 11.9. The second-order valence-corrected chi connectivity index (χ2v) is 17.7. The van der Waals surface area contributed by atoms with Crippen molar-refractivity contribution < 1.29 is 28.8 Å². The smallest absolute Gasteiger partial charge is 0.315 e. The monoisotopic (exact) mass is 767 g/mol. The fraction of sp³-hybridized carbons (Fsp3) is 0.767. The Kier molecular flexibility index (Phi) is 17.7. The molecule has 6 amide bonds. The summed E-state index contributed by atoms with van der Waals surface area (Å²) >= 11 is 0. The van der Waals surface area contributed by atoms with Gasteiger partial charge in [-0.1, -0.05) is 73.3 Å². The molecule has 4 unspecified atom stereocenters. The van der Waals surface area contributed by atoms with Crippen molar-refractivity contribution in [1.82, 2.24) is 31.5 Å². The predicted molar refractivity (Wildman–Crippen MR) is 215 cm³/mol. The Morgan fingerprint density at radius 3 is 2.16 bits per heavy atom. The van der Waals surface area contributed by atoms with E-state index in [-0.39, 0.29) is 66.9 Å². The van der Waals surface area contributed by atoms with Gasteiger partial charge in [0.2, 0.25) is 23.5 Å². The zero-order valence-corrected chi connectivity index (χ0v) is 34.5. The number of Topliss-reactive ketones (excluding diaryl/α,β-unsaturated/α-hetero) is 1. The Balaban J connectivity index is 0.00000262. The first-order valence-electron chi connectivity index (χ1n) is 20.9. The first-order chi connectivity index (χ1) is 26.1. The number of nitrogens with one attached hydrogen (secondary N) is 5. The first kappa shape index (κ1) is 45.5. The molecule has 4 fully saturated rings. The predicted octanol–water partition coefficient (Wildman–Crippen LogP) is 5.02. The number of hydrogen-bond acceptors (Lipinski definition) is 6. The van der Waals surface area contributed by atoms with Gasteiger partial charge >= 0.3 is 6.03 Å². The molecule has 1 aliphatic heterocycles. The average molecular weight is 767 g/mol. The molecule has 3 saturated carbocycles. The third kappa shape index (κ3) is 13.7. The SMILES string of the molecule is C#CCCC(NC(=O)C1CN(C(=O)C(NC(=O)NC(CCC(=O)NCC2CC2)C(C)(C)C)C2(C)CCCCC2)C[C@@H]2CC[C@H]12)C(=O)C(=O)NCC=C.CCC. The lowest BCUT2D eigenvalue weighted by atomic mass is 9.63. The molecule has 12 heteroatoms. The lowest BCUT2D eigenvalue weighted by Crippen LogP contribution is -2.64. The van der Waals surface area contributed by atoms with E-state index in [1.807, 2.05) is 20.8 Å². The maximum absolute atomic E-state index is 14.6. The summed E-state index contributed by atoms with van der Waals surface area (Å²) in [6.45, 7) is 17.4. The first-order valence-corrected chi connectivity index (χ1v) is 20.9. The van der Waals surface area contributed by atoms with Crippen LogP contribution in [0.4, 0.5) is 4.79 Å². The van der Waals surface area contributed by atoms with E-state index in [4.69, 9.17) is 6.42 Å². The summed E-state index contributed by atoms with van der Waals surface area (Å²) in [5.41, 5.74) is -0.812. The van der Waals surface area contributed by atoms with Gasteiger partial charge in [0.1, 0.15) is 6.04 Å². The summed E-state index contributed by atoms with van der Waals surface area (Å²) in [7, 11) is 0. The van der Waals surface area contributed by atoms with Gasteiger partial charge in [-0.05, 0) is 80.0 Å². The number of carbonyl (C=O) groups excluding carboxylic acids is 6. The molecule has 0 aromatic rings. The highest BCUT2D eigenvalue weighted by atomic mass is 16.2. The van der Waals surface area contributed by atoms with E-state index < -0.39 is 41.1 Å². The molecule has 0 spiro atoms. The Bertz CT molecular complexity index is 1390. The lowest BCUT2D eigenvalue weighted by molar-refractivity contribution is -0.149. The van der Waals surface area contributed by atoms with Crippen LogP contribution in [0.3, 0.4) is 0 Å². The molecule has 4 rings (SSSR count). The van der Waals surface area contributed by atoms with Gasteiger partial charge in [0.05, 0.1) is 12.0 Å². The quantitative estimate of drug-likeness (QED) is 0.0793. The summed E-state index contributed by atoms with van der Waals surface area (Å²) in [5, 5.41) is 14.5. The van der Waals surface area contributed by atoms with Gasteiger partial charge in [-0.15, -0.1) is 18.9 Å². The van der Waals surface area contributed by atoms with Gasteiger partial charge in [-0.2, -0.15) is 0 Å². The number of terminal acetylenes is 1. The van der Waals surface area contributed by atoms with E-state index in [1.54, 1.807) is 4.90 Å². The van der Waals surface area contributed by atoms with Crippen molar-refractivity contribution in [3.8, 4) is 12.3 Å². The minimum atomic E-state index is -1.09. The van der Waals surface area contributed by atoms with Crippen molar-refractivity contribution in [2.45, 2.75) is 150 Å². The van der Waals surface area contributed by atoms with Crippen LogP contribution in [0.2, 0.25) is 0 Å². The second kappa shape index (κ2) is 21.4. The van der Waals surface area contributed by atoms with E-state index in [9.17, 15) is 28.8 Å². The van der Waals surface area contributed by atoms with Crippen molar-refractivity contribution in [2.75, 3.05) is 26.2 Å². The Labute approximate surface area is 330 Å². The summed E-state index contributed by atoms with van der Waals surface area (Å²) in [4.78, 5) is 82.1. The summed E-state index contributed by atoms with van der Waals surface area (Å²) < 4.78 is 0. The van der Waals surface area contributed by atoms with E-state index in [2.05, 4.69) is 59.9 Å². The van der Waals surface area contributed by atoms with E-state index in [0.29, 0.717) is 31.8 Å². The van der Waals surface area contributed by atoms with E-state index in [0.717, 1.165) is 57.8 Å². The molecule has 0 radical (unpaired) electrons. The van der Waals surface area contributed by atoms with Crippen molar-refractivity contribution in [2.24, 2.45) is 34.5 Å². The van der Waals surface area contributed by atoms with Crippen LogP contribution in [0.5, 0.6) is 0 Å². The number of fused-ring (bicyclic) bond motifs is 1. The van der Waals surface area contributed by atoms with Gasteiger partial charge in [0, 0.05) is 45.1 Å². The van der Waals surface area contributed by atoms with Crippen LogP contribution in [0.15, 0.2) is 12.7 Å². The van der Waals surface area contributed by atoms with E-state index >= 15 is 0 Å². The number of rotatable bonds is 17. The summed E-state index contributed by atoms with van der Waals surface area (Å²) in [6, 6.07) is -2.65. The van der Waals surface area contributed by atoms with Crippen LogP contribution in [0.1, 0.15) is 131 Å². The van der Waals surface area contributed by atoms with Crippen LogP contribution >= 0.6 is 0 Å². The third-order valence-corrected chi connectivity index (χ3v) is 11.9. The minimum Gasteiger partial charge on any atom is -0.356 e. The zero-order chi connectivity index (χ0) is 40.8.